The van der Waals surface area contributed by atoms with E-state index in [9.17, 15) is 4.79 Å². The molecule has 1 amide bonds. The molecule has 0 aliphatic carbocycles. The number of hydrogen-bond acceptors (Lipinski definition) is 3. The molecule has 1 unspecified atom stereocenters. The zero-order chi connectivity index (χ0) is 18.4. The number of rotatable bonds is 5. The molecule has 2 fully saturated rings. The van der Waals surface area contributed by atoms with Gasteiger partial charge in [-0.05, 0) is 56.3 Å². The number of piperidine rings is 1. The first-order valence-electron chi connectivity index (χ1n) is 9.93. The maximum atomic E-state index is 12.5. The van der Waals surface area contributed by atoms with E-state index in [4.69, 9.17) is 4.74 Å². The Morgan fingerprint density at radius 2 is 1.88 bits per heavy atom. The summed E-state index contributed by atoms with van der Waals surface area (Å²) in [5.41, 5.74) is 1.36. The highest BCUT2D eigenvalue weighted by molar-refractivity contribution is 9.10. The molecule has 0 aromatic heterocycles. The second-order valence-electron chi connectivity index (χ2n) is 7.64. The highest BCUT2D eigenvalue weighted by atomic mass is 79.9. The smallest absolute Gasteiger partial charge is 0.248 e. The zero-order valence-corrected chi connectivity index (χ0v) is 17.4. The van der Waals surface area contributed by atoms with Gasteiger partial charge in [-0.3, -0.25) is 9.69 Å². The fraction of sp³-hybridized carbons (Fsp3) is 0.667. The van der Waals surface area contributed by atoms with Gasteiger partial charge >= 0.3 is 0 Å². The van der Waals surface area contributed by atoms with Gasteiger partial charge in [0.25, 0.3) is 0 Å². The highest BCUT2D eigenvalue weighted by Gasteiger charge is 2.33. The molecule has 0 saturated carbocycles. The van der Waals surface area contributed by atoms with Crippen LogP contribution in [0.2, 0.25) is 0 Å². The van der Waals surface area contributed by atoms with Crippen molar-refractivity contribution >= 4 is 21.8 Å². The van der Waals surface area contributed by atoms with Crippen LogP contribution in [0.15, 0.2) is 28.7 Å². The fourth-order valence-electron chi connectivity index (χ4n) is 4.50. The number of benzene rings is 1. The average molecular weight is 423 g/mol. The molecule has 0 N–H and O–H groups in total. The van der Waals surface area contributed by atoms with Gasteiger partial charge in [0.1, 0.15) is 6.61 Å². The minimum absolute atomic E-state index is 0.176. The highest BCUT2D eigenvalue weighted by Crippen LogP contribution is 2.31. The Bertz CT molecular complexity index is 587. The van der Waals surface area contributed by atoms with Crippen LogP contribution in [-0.4, -0.2) is 55.1 Å². The molecule has 1 atom stereocenters. The van der Waals surface area contributed by atoms with Crippen molar-refractivity contribution in [3.05, 3.63) is 34.3 Å². The summed E-state index contributed by atoms with van der Waals surface area (Å²) < 4.78 is 6.32. The number of ether oxygens (including phenoxy) is 1. The molecule has 0 bridgehead atoms. The Kier molecular flexibility index (Phi) is 7.52. The molecule has 0 radical (unpaired) electrons. The van der Waals surface area contributed by atoms with Crippen molar-refractivity contribution in [3.8, 4) is 0 Å². The van der Waals surface area contributed by atoms with Crippen LogP contribution < -0.4 is 0 Å². The molecule has 2 aliphatic rings. The van der Waals surface area contributed by atoms with E-state index in [0.717, 1.165) is 39.0 Å². The Labute approximate surface area is 166 Å². The molecule has 26 heavy (non-hydrogen) atoms. The number of nitrogens with zero attached hydrogens (tertiary/aromatic N) is 2. The minimum atomic E-state index is 0.176. The Morgan fingerprint density at radius 1 is 1.12 bits per heavy atom. The van der Waals surface area contributed by atoms with Gasteiger partial charge in [0, 0.05) is 30.7 Å². The number of carbonyl (C=O) groups is 1. The first-order valence-corrected chi connectivity index (χ1v) is 10.7. The number of carbonyl (C=O) groups excluding carboxylic acids is 1. The quantitative estimate of drug-likeness (QED) is 0.716. The van der Waals surface area contributed by atoms with Crippen LogP contribution in [-0.2, 0) is 16.1 Å². The number of hydrogen-bond donors (Lipinski definition) is 0. The third-order valence-electron chi connectivity index (χ3n) is 5.92. The van der Waals surface area contributed by atoms with E-state index in [0.29, 0.717) is 12.0 Å². The maximum absolute atomic E-state index is 12.5. The molecular formula is C21H31BrN2O2. The topological polar surface area (TPSA) is 32.8 Å². The van der Waals surface area contributed by atoms with E-state index in [1.807, 2.05) is 0 Å². The van der Waals surface area contributed by atoms with Crippen molar-refractivity contribution < 1.29 is 9.53 Å². The SMILES string of the molecule is COCC(=O)N1CCCCCC1C1CCN(Cc2ccccc2Br)CC1. The van der Waals surface area contributed by atoms with E-state index in [2.05, 4.69) is 50.0 Å². The summed E-state index contributed by atoms with van der Waals surface area (Å²) in [5, 5.41) is 0. The van der Waals surface area contributed by atoms with Crippen molar-refractivity contribution in [1.29, 1.82) is 0 Å². The standard InChI is InChI=1S/C21H31BrN2O2/c1-26-16-21(25)24-12-6-2-3-9-20(24)17-10-13-23(14-11-17)15-18-7-4-5-8-19(18)22/h4-5,7-8,17,20H,2-3,6,9-16H2,1H3. The molecule has 0 spiro atoms. The van der Waals surface area contributed by atoms with Gasteiger partial charge in [0.2, 0.25) is 5.91 Å². The van der Waals surface area contributed by atoms with Crippen LogP contribution in [0.3, 0.4) is 0 Å². The van der Waals surface area contributed by atoms with Gasteiger partial charge in [-0.25, -0.2) is 0 Å². The van der Waals surface area contributed by atoms with Crippen molar-refractivity contribution in [2.75, 3.05) is 33.4 Å². The minimum Gasteiger partial charge on any atom is -0.375 e. The average Bonchev–Trinajstić information content (AvgIpc) is 2.91. The predicted octanol–water partition coefficient (Wildman–Crippen LogP) is 4.08. The zero-order valence-electron chi connectivity index (χ0n) is 15.8. The summed E-state index contributed by atoms with van der Waals surface area (Å²) in [6.07, 6.45) is 7.15. The lowest BCUT2D eigenvalue weighted by Crippen LogP contribution is -2.48. The number of halogens is 1. The summed E-state index contributed by atoms with van der Waals surface area (Å²) in [6.45, 7) is 4.37. The third-order valence-corrected chi connectivity index (χ3v) is 6.69. The second kappa shape index (κ2) is 9.86. The summed E-state index contributed by atoms with van der Waals surface area (Å²) in [7, 11) is 1.62. The Balaban J connectivity index is 1.58. The van der Waals surface area contributed by atoms with Gasteiger partial charge < -0.3 is 9.64 Å². The Morgan fingerprint density at radius 3 is 2.62 bits per heavy atom. The van der Waals surface area contributed by atoms with Crippen LogP contribution in [0.1, 0.15) is 44.1 Å². The molecule has 3 rings (SSSR count). The Hall–Kier alpha value is -0.910. The lowest BCUT2D eigenvalue weighted by atomic mass is 9.86. The lowest BCUT2D eigenvalue weighted by molar-refractivity contribution is -0.139. The number of likely N-dealkylation sites (tertiary alicyclic amines) is 2. The van der Waals surface area contributed by atoms with Crippen LogP contribution in [0.25, 0.3) is 0 Å². The van der Waals surface area contributed by atoms with Gasteiger partial charge in [-0.15, -0.1) is 0 Å². The van der Waals surface area contributed by atoms with E-state index in [1.165, 1.54) is 35.7 Å². The number of methoxy groups -OCH3 is 1. The predicted molar refractivity (Wildman–Crippen MR) is 108 cm³/mol. The van der Waals surface area contributed by atoms with Crippen LogP contribution >= 0.6 is 15.9 Å². The maximum Gasteiger partial charge on any atom is 0.248 e. The van der Waals surface area contributed by atoms with Crippen LogP contribution in [0, 0.1) is 5.92 Å². The first kappa shape index (κ1) is 19.8. The van der Waals surface area contributed by atoms with E-state index in [-0.39, 0.29) is 12.5 Å². The van der Waals surface area contributed by atoms with Crippen molar-refractivity contribution in [2.24, 2.45) is 5.92 Å². The molecule has 1 aromatic carbocycles. The van der Waals surface area contributed by atoms with E-state index >= 15 is 0 Å². The van der Waals surface area contributed by atoms with E-state index < -0.39 is 0 Å². The van der Waals surface area contributed by atoms with Crippen molar-refractivity contribution in [1.82, 2.24) is 9.80 Å². The van der Waals surface area contributed by atoms with Gasteiger partial charge in [-0.1, -0.05) is 47.0 Å². The summed E-state index contributed by atoms with van der Waals surface area (Å²) in [5.74, 6) is 0.805. The van der Waals surface area contributed by atoms with Gasteiger partial charge in [0.15, 0.2) is 0 Å². The molecule has 2 saturated heterocycles. The second-order valence-corrected chi connectivity index (χ2v) is 8.50. The normalized spacial score (nSPS) is 23.0. The van der Waals surface area contributed by atoms with Crippen LogP contribution in [0.4, 0.5) is 0 Å². The summed E-state index contributed by atoms with van der Waals surface area (Å²) in [6, 6.07) is 8.90. The van der Waals surface area contributed by atoms with Crippen molar-refractivity contribution in [3.63, 3.8) is 0 Å². The van der Waals surface area contributed by atoms with Gasteiger partial charge in [0.05, 0.1) is 0 Å². The molecule has 1 aromatic rings. The lowest BCUT2D eigenvalue weighted by Gasteiger charge is -2.40. The fourth-order valence-corrected chi connectivity index (χ4v) is 4.91. The monoisotopic (exact) mass is 422 g/mol. The molecule has 144 valence electrons. The number of amides is 1. The van der Waals surface area contributed by atoms with E-state index in [1.54, 1.807) is 7.11 Å². The van der Waals surface area contributed by atoms with Gasteiger partial charge in [-0.2, -0.15) is 0 Å². The molecule has 4 nitrogen and oxygen atoms in total. The first-order chi connectivity index (χ1) is 12.7. The summed E-state index contributed by atoms with van der Waals surface area (Å²) >= 11 is 3.66. The third kappa shape index (κ3) is 5.08. The molecule has 5 heteroatoms. The largest absolute Gasteiger partial charge is 0.375 e. The van der Waals surface area contributed by atoms with Crippen LogP contribution in [0.5, 0.6) is 0 Å². The molecule has 2 heterocycles. The summed E-state index contributed by atoms with van der Waals surface area (Å²) in [4.78, 5) is 17.2. The molecular weight excluding hydrogens is 392 g/mol. The molecule has 2 aliphatic heterocycles. The van der Waals surface area contributed by atoms with Crippen molar-refractivity contribution in [2.45, 2.75) is 51.1 Å².